The molecule has 1 aliphatic heterocycles. The topological polar surface area (TPSA) is 69.0 Å². The largest absolute Gasteiger partial charge is 0.465 e. The second kappa shape index (κ2) is 5.67. The fraction of sp³-hybridized carbons (Fsp3) is 0.286. The molecule has 1 aromatic heterocycles. The van der Waals surface area contributed by atoms with E-state index in [0.717, 1.165) is 0 Å². The third kappa shape index (κ3) is 3.66. The molecule has 5 nitrogen and oxygen atoms in total. The third-order valence-electron chi connectivity index (χ3n) is 2.51. The van der Waals surface area contributed by atoms with Crippen LogP contribution in [0, 0.1) is 0 Å². The van der Waals surface area contributed by atoms with Gasteiger partial charge in [-0.3, -0.25) is 4.79 Å². The molecule has 1 saturated heterocycles. The molecule has 1 fully saturated rings. The zero-order valence-electron chi connectivity index (χ0n) is 10.5. The van der Waals surface area contributed by atoms with E-state index >= 15 is 0 Å². The number of rotatable bonds is 6. The molecule has 2 atom stereocenters. The van der Waals surface area contributed by atoms with Gasteiger partial charge in [-0.1, -0.05) is 6.58 Å². The molecule has 0 radical (unpaired) electrons. The average Bonchev–Trinajstić information content (AvgIpc) is 3.08. The summed E-state index contributed by atoms with van der Waals surface area (Å²) in [7, 11) is 0. The molecule has 19 heavy (non-hydrogen) atoms. The van der Waals surface area contributed by atoms with Crippen LogP contribution in [0.15, 0.2) is 41.0 Å². The van der Waals surface area contributed by atoms with Crippen LogP contribution in [0.25, 0.3) is 6.08 Å². The Labute approximate surface area is 110 Å². The van der Waals surface area contributed by atoms with E-state index < -0.39 is 12.1 Å². The highest BCUT2D eigenvalue weighted by Crippen LogP contribution is 2.20. The van der Waals surface area contributed by atoms with Crippen LogP contribution >= 0.6 is 0 Å². The summed E-state index contributed by atoms with van der Waals surface area (Å²) in [6, 6.07) is 3.43. The summed E-state index contributed by atoms with van der Waals surface area (Å²) in [5.41, 5.74) is 0.244. The van der Waals surface area contributed by atoms with E-state index in [0.29, 0.717) is 12.4 Å². The minimum atomic E-state index is -0.921. The van der Waals surface area contributed by atoms with Crippen LogP contribution in [0.1, 0.15) is 12.7 Å². The van der Waals surface area contributed by atoms with Gasteiger partial charge in [-0.2, -0.15) is 0 Å². The maximum absolute atomic E-state index is 12.0. The van der Waals surface area contributed by atoms with Crippen LogP contribution in [0.5, 0.6) is 0 Å². The summed E-state index contributed by atoms with van der Waals surface area (Å²) in [5.74, 6) is -0.385. The maximum Gasteiger partial charge on any atom is 0.333 e. The molecule has 0 saturated carbocycles. The summed E-state index contributed by atoms with van der Waals surface area (Å²) < 4.78 is 15.2. The summed E-state index contributed by atoms with van der Waals surface area (Å²) in [5, 5.41) is 0. The highest BCUT2D eigenvalue weighted by atomic mass is 16.6. The fourth-order valence-electron chi connectivity index (χ4n) is 1.41. The van der Waals surface area contributed by atoms with E-state index in [-0.39, 0.29) is 17.5 Å². The SMILES string of the molecule is C=C(C)C(=O)OC(C(=O)C=Cc1ccco1)C1CO1. The Bertz CT molecular complexity index is 508. The van der Waals surface area contributed by atoms with Crippen molar-refractivity contribution in [2.24, 2.45) is 0 Å². The first-order valence-electron chi connectivity index (χ1n) is 5.81. The predicted molar refractivity (Wildman–Crippen MR) is 67.2 cm³/mol. The first-order chi connectivity index (χ1) is 9.08. The van der Waals surface area contributed by atoms with Gasteiger partial charge < -0.3 is 13.9 Å². The molecule has 0 amide bonds. The second-order valence-electron chi connectivity index (χ2n) is 4.23. The minimum Gasteiger partial charge on any atom is -0.465 e. The summed E-state index contributed by atoms with van der Waals surface area (Å²) >= 11 is 0. The van der Waals surface area contributed by atoms with Crippen molar-refractivity contribution in [1.29, 1.82) is 0 Å². The van der Waals surface area contributed by atoms with E-state index in [1.54, 1.807) is 12.1 Å². The molecule has 0 aliphatic carbocycles. The lowest BCUT2D eigenvalue weighted by Gasteiger charge is -2.12. The Morgan fingerprint density at radius 2 is 2.32 bits per heavy atom. The molecule has 1 aromatic rings. The van der Waals surface area contributed by atoms with Gasteiger partial charge in [0.05, 0.1) is 12.9 Å². The number of carbonyl (C=O) groups excluding carboxylic acids is 2. The van der Waals surface area contributed by atoms with Crippen molar-refractivity contribution in [3.63, 3.8) is 0 Å². The van der Waals surface area contributed by atoms with Gasteiger partial charge in [0.2, 0.25) is 0 Å². The molecule has 1 aliphatic rings. The lowest BCUT2D eigenvalue weighted by atomic mass is 10.1. The Morgan fingerprint density at radius 1 is 1.58 bits per heavy atom. The third-order valence-corrected chi connectivity index (χ3v) is 2.51. The molecule has 0 N–H and O–H groups in total. The Balaban J connectivity index is 2.00. The van der Waals surface area contributed by atoms with Gasteiger partial charge in [0.1, 0.15) is 11.9 Å². The van der Waals surface area contributed by atoms with E-state index in [2.05, 4.69) is 6.58 Å². The summed E-state index contributed by atoms with van der Waals surface area (Å²) in [6.45, 7) is 5.41. The Hall–Kier alpha value is -2.14. The van der Waals surface area contributed by atoms with E-state index in [4.69, 9.17) is 13.9 Å². The van der Waals surface area contributed by atoms with Crippen molar-refractivity contribution < 1.29 is 23.5 Å². The highest BCUT2D eigenvalue weighted by molar-refractivity contribution is 5.99. The first kappa shape index (κ1) is 13.3. The van der Waals surface area contributed by atoms with Crippen LogP contribution in [0.3, 0.4) is 0 Å². The molecular formula is C14H14O5. The smallest absolute Gasteiger partial charge is 0.333 e. The van der Waals surface area contributed by atoms with E-state index in [1.807, 2.05) is 0 Å². The van der Waals surface area contributed by atoms with Crippen LogP contribution in [0.2, 0.25) is 0 Å². The standard InChI is InChI=1S/C14H14O5/c1-9(2)14(16)19-13(12-8-18-12)11(15)6-5-10-4-3-7-17-10/h3-7,12-13H,1,8H2,2H3. The van der Waals surface area contributed by atoms with Crippen LogP contribution < -0.4 is 0 Å². The molecule has 100 valence electrons. The van der Waals surface area contributed by atoms with Gasteiger partial charge in [0, 0.05) is 5.57 Å². The van der Waals surface area contributed by atoms with Crippen molar-refractivity contribution in [1.82, 2.24) is 0 Å². The first-order valence-corrected chi connectivity index (χ1v) is 5.81. The second-order valence-corrected chi connectivity index (χ2v) is 4.23. The van der Waals surface area contributed by atoms with Crippen molar-refractivity contribution in [3.8, 4) is 0 Å². The van der Waals surface area contributed by atoms with Crippen molar-refractivity contribution in [2.45, 2.75) is 19.1 Å². The Kier molecular flexibility index (Phi) is 3.97. The number of furan rings is 1. The molecular weight excluding hydrogens is 248 g/mol. The number of ketones is 1. The normalized spacial score (nSPS) is 19.1. The minimum absolute atomic E-state index is 0.244. The molecule has 0 aromatic carbocycles. The van der Waals surface area contributed by atoms with Gasteiger partial charge in [0.25, 0.3) is 0 Å². The number of hydrogen-bond acceptors (Lipinski definition) is 5. The number of carbonyl (C=O) groups is 2. The maximum atomic E-state index is 12.0. The van der Waals surface area contributed by atoms with Gasteiger partial charge in [0.15, 0.2) is 11.9 Å². The van der Waals surface area contributed by atoms with E-state index in [1.165, 1.54) is 25.3 Å². The van der Waals surface area contributed by atoms with Gasteiger partial charge >= 0.3 is 5.97 Å². The molecule has 0 spiro atoms. The number of hydrogen-bond donors (Lipinski definition) is 0. The molecule has 2 unspecified atom stereocenters. The molecule has 2 heterocycles. The number of epoxide rings is 1. The quantitative estimate of drug-likeness (QED) is 0.444. The summed E-state index contributed by atoms with van der Waals surface area (Å²) in [6.07, 6.45) is 3.06. The van der Waals surface area contributed by atoms with Crippen LogP contribution in [-0.2, 0) is 19.1 Å². The zero-order valence-corrected chi connectivity index (χ0v) is 10.5. The summed E-state index contributed by atoms with van der Waals surface area (Å²) in [4.78, 5) is 23.4. The molecule has 0 bridgehead atoms. The lowest BCUT2D eigenvalue weighted by Crippen LogP contribution is -2.31. The van der Waals surface area contributed by atoms with Crippen molar-refractivity contribution in [3.05, 3.63) is 42.4 Å². The van der Waals surface area contributed by atoms with Crippen LogP contribution in [-0.4, -0.2) is 30.6 Å². The fourth-order valence-corrected chi connectivity index (χ4v) is 1.41. The van der Waals surface area contributed by atoms with Crippen molar-refractivity contribution in [2.75, 3.05) is 6.61 Å². The van der Waals surface area contributed by atoms with Gasteiger partial charge in [-0.15, -0.1) is 0 Å². The lowest BCUT2D eigenvalue weighted by molar-refractivity contribution is -0.150. The monoisotopic (exact) mass is 262 g/mol. The molecule has 2 rings (SSSR count). The van der Waals surface area contributed by atoms with Gasteiger partial charge in [-0.25, -0.2) is 4.79 Å². The van der Waals surface area contributed by atoms with Gasteiger partial charge in [-0.05, 0) is 31.2 Å². The predicted octanol–water partition coefficient (Wildman–Crippen LogP) is 1.75. The van der Waals surface area contributed by atoms with Crippen LogP contribution in [0.4, 0.5) is 0 Å². The zero-order chi connectivity index (χ0) is 13.8. The number of ether oxygens (including phenoxy) is 2. The van der Waals surface area contributed by atoms with Crippen molar-refractivity contribution >= 4 is 17.8 Å². The highest BCUT2D eigenvalue weighted by Gasteiger charge is 2.39. The van der Waals surface area contributed by atoms with E-state index in [9.17, 15) is 9.59 Å². The molecule has 5 heteroatoms. The Morgan fingerprint density at radius 3 is 2.84 bits per heavy atom. The average molecular weight is 262 g/mol. The number of esters is 1.